The van der Waals surface area contributed by atoms with Gasteiger partial charge < -0.3 is 10.2 Å². The lowest BCUT2D eigenvalue weighted by Gasteiger charge is -2.20. The second kappa shape index (κ2) is 5.85. The average Bonchev–Trinajstić information content (AvgIpc) is 3.17. The number of hydrogen-bond acceptors (Lipinski definition) is 2. The van der Waals surface area contributed by atoms with Crippen molar-refractivity contribution < 1.29 is 4.79 Å². The first kappa shape index (κ1) is 12.9. The lowest BCUT2D eigenvalue weighted by atomic mass is 9.98. The molecule has 2 saturated carbocycles. The highest BCUT2D eigenvalue weighted by molar-refractivity contribution is 5.78. The number of carbonyl (C=O) groups is 1. The zero-order valence-corrected chi connectivity index (χ0v) is 11.2. The van der Waals surface area contributed by atoms with Crippen LogP contribution in [0.25, 0.3) is 0 Å². The average molecular weight is 238 g/mol. The third-order valence-corrected chi connectivity index (χ3v) is 4.23. The third-order valence-electron chi connectivity index (χ3n) is 4.23. The van der Waals surface area contributed by atoms with Gasteiger partial charge in [-0.3, -0.25) is 4.79 Å². The van der Waals surface area contributed by atoms with Gasteiger partial charge in [-0.25, -0.2) is 0 Å². The number of amides is 1. The number of nitrogens with zero attached hydrogens (tertiary/aromatic N) is 1. The van der Waals surface area contributed by atoms with Crippen molar-refractivity contribution in [1.82, 2.24) is 10.2 Å². The summed E-state index contributed by atoms with van der Waals surface area (Å²) >= 11 is 0. The molecular formula is C14H26N2O. The molecule has 2 aliphatic rings. The molecule has 0 unspecified atom stereocenters. The quantitative estimate of drug-likeness (QED) is 0.700. The highest BCUT2D eigenvalue weighted by Gasteiger charge is 2.40. The van der Waals surface area contributed by atoms with Gasteiger partial charge >= 0.3 is 0 Å². The van der Waals surface area contributed by atoms with Crippen LogP contribution in [-0.4, -0.2) is 37.0 Å². The Balaban J connectivity index is 1.65. The lowest BCUT2D eigenvalue weighted by molar-refractivity contribution is -0.129. The van der Waals surface area contributed by atoms with Gasteiger partial charge in [0, 0.05) is 13.1 Å². The number of nitrogens with one attached hydrogen (secondary N) is 1. The van der Waals surface area contributed by atoms with E-state index in [0.29, 0.717) is 6.54 Å². The zero-order chi connectivity index (χ0) is 12.3. The Morgan fingerprint density at radius 2 is 1.71 bits per heavy atom. The maximum atomic E-state index is 11.8. The van der Waals surface area contributed by atoms with Crippen LogP contribution in [-0.2, 0) is 4.79 Å². The highest BCUT2D eigenvalue weighted by atomic mass is 16.2. The van der Waals surface area contributed by atoms with E-state index in [9.17, 15) is 4.79 Å². The van der Waals surface area contributed by atoms with Crippen molar-refractivity contribution in [2.75, 3.05) is 26.2 Å². The van der Waals surface area contributed by atoms with Gasteiger partial charge in [-0.15, -0.1) is 0 Å². The Labute approximate surface area is 105 Å². The molecule has 3 heteroatoms. The van der Waals surface area contributed by atoms with Crippen LogP contribution in [0.1, 0.15) is 39.5 Å². The molecule has 17 heavy (non-hydrogen) atoms. The molecule has 2 rings (SSSR count). The van der Waals surface area contributed by atoms with E-state index < -0.39 is 0 Å². The minimum Gasteiger partial charge on any atom is -0.342 e. The second-order valence-corrected chi connectivity index (χ2v) is 5.54. The Bertz CT molecular complexity index is 243. The predicted octanol–water partition coefficient (Wildman–Crippen LogP) is 1.88. The third kappa shape index (κ3) is 3.70. The number of hydrogen-bond donors (Lipinski definition) is 1. The van der Waals surface area contributed by atoms with Gasteiger partial charge in [0.1, 0.15) is 0 Å². The normalized spacial score (nSPS) is 19.7. The van der Waals surface area contributed by atoms with Crippen LogP contribution in [0, 0.1) is 17.8 Å². The Morgan fingerprint density at radius 1 is 1.18 bits per heavy atom. The molecule has 0 radical (unpaired) electrons. The van der Waals surface area contributed by atoms with E-state index in [1.165, 1.54) is 25.7 Å². The second-order valence-electron chi connectivity index (χ2n) is 5.54. The van der Waals surface area contributed by atoms with Gasteiger partial charge in [-0.05, 0) is 63.8 Å². The fourth-order valence-electron chi connectivity index (χ4n) is 2.80. The summed E-state index contributed by atoms with van der Waals surface area (Å²) < 4.78 is 0. The predicted molar refractivity (Wildman–Crippen MR) is 69.7 cm³/mol. The minimum absolute atomic E-state index is 0.250. The van der Waals surface area contributed by atoms with Crippen molar-refractivity contribution in [3.8, 4) is 0 Å². The van der Waals surface area contributed by atoms with Crippen LogP contribution in [0.5, 0.6) is 0 Å². The van der Waals surface area contributed by atoms with Crippen LogP contribution >= 0.6 is 0 Å². The van der Waals surface area contributed by atoms with Crippen molar-refractivity contribution >= 4 is 5.91 Å². The first-order valence-electron chi connectivity index (χ1n) is 7.24. The highest BCUT2D eigenvalue weighted by Crippen LogP contribution is 2.48. The number of carbonyl (C=O) groups excluding carboxylic acids is 1. The Hall–Kier alpha value is -0.570. The SMILES string of the molecule is CCN(CC)C(=O)CNCC(C1CC1)C1CC1. The van der Waals surface area contributed by atoms with E-state index in [0.717, 1.165) is 37.4 Å². The molecule has 0 aromatic heterocycles. The summed E-state index contributed by atoms with van der Waals surface area (Å²) in [6, 6.07) is 0. The molecule has 0 heterocycles. The fourth-order valence-corrected chi connectivity index (χ4v) is 2.80. The monoisotopic (exact) mass is 238 g/mol. The summed E-state index contributed by atoms with van der Waals surface area (Å²) in [4.78, 5) is 13.7. The topological polar surface area (TPSA) is 32.3 Å². The maximum absolute atomic E-state index is 11.8. The summed E-state index contributed by atoms with van der Waals surface area (Å²) in [5, 5.41) is 3.39. The summed E-state index contributed by atoms with van der Waals surface area (Å²) in [7, 11) is 0. The molecule has 1 amide bonds. The molecule has 0 aromatic rings. The molecule has 2 aliphatic carbocycles. The van der Waals surface area contributed by atoms with Crippen molar-refractivity contribution in [3.63, 3.8) is 0 Å². The van der Waals surface area contributed by atoms with Crippen LogP contribution in [0.2, 0.25) is 0 Å². The van der Waals surface area contributed by atoms with Crippen molar-refractivity contribution in [1.29, 1.82) is 0 Å². The van der Waals surface area contributed by atoms with E-state index in [2.05, 4.69) is 5.32 Å². The summed E-state index contributed by atoms with van der Waals surface area (Å²) in [5.74, 6) is 3.05. The lowest BCUT2D eigenvalue weighted by Crippen LogP contribution is -2.39. The van der Waals surface area contributed by atoms with Gasteiger partial charge in [0.25, 0.3) is 0 Å². The zero-order valence-electron chi connectivity index (χ0n) is 11.2. The maximum Gasteiger partial charge on any atom is 0.236 e. The molecule has 0 aliphatic heterocycles. The first-order valence-corrected chi connectivity index (χ1v) is 7.24. The van der Waals surface area contributed by atoms with E-state index in [-0.39, 0.29) is 5.91 Å². The first-order chi connectivity index (χ1) is 8.26. The molecule has 0 spiro atoms. The molecule has 1 N–H and O–H groups in total. The Morgan fingerprint density at radius 3 is 2.12 bits per heavy atom. The molecule has 2 fully saturated rings. The standard InChI is InChI=1S/C14H26N2O/c1-3-16(4-2)14(17)10-15-9-13(11-5-6-11)12-7-8-12/h11-13,15H,3-10H2,1-2H3. The Kier molecular flexibility index (Phi) is 4.43. The largest absolute Gasteiger partial charge is 0.342 e. The number of likely N-dealkylation sites (N-methyl/N-ethyl adjacent to an activating group) is 1. The molecule has 0 bridgehead atoms. The fraction of sp³-hybridized carbons (Fsp3) is 0.929. The molecule has 98 valence electrons. The smallest absolute Gasteiger partial charge is 0.236 e. The van der Waals surface area contributed by atoms with Gasteiger partial charge in [0.2, 0.25) is 5.91 Å². The molecule has 0 atom stereocenters. The van der Waals surface area contributed by atoms with Crippen LogP contribution in [0.15, 0.2) is 0 Å². The minimum atomic E-state index is 0.250. The van der Waals surface area contributed by atoms with E-state index in [4.69, 9.17) is 0 Å². The van der Waals surface area contributed by atoms with Gasteiger partial charge in [0.05, 0.1) is 6.54 Å². The van der Waals surface area contributed by atoms with Crippen LogP contribution in [0.3, 0.4) is 0 Å². The van der Waals surface area contributed by atoms with Gasteiger partial charge in [-0.2, -0.15) is 0 Å². The van der Waals surface area contributed by atoms with E-state index >= 15 is 0 Å². The summed E-state index contributed by atoms with van der Waals surface area (Å²) in [5.41, 5.74) is 0. The molecule has 0 saturated heterocycles. The van der Waals surface area contributed by atoms with Crippen LogP contribution < -0.4 is 5.32 Å². The molecular weight excluding hydrogens is 212 g/mol. The van der Waals surface area contributed by atoms with Crippen molar-refractivity contribution in [2.45, 2.75) is 39.5 Å². The van der Waals surface area contributed by atoms with Gasteiger partial charge in [0.15, 0.2) is 0 Å². The van der Waals surface area contributed by atoms with Crippen molar-refractivity contribution in [2.24, 2.45) is 17.8 Å². The summed E-state index contributed by atoms with van der Waals surface area (Å²) in [6.45, 7) is 7.31. The van der Waals surface area contributed by atoms with E-state index in [1.54, 1.807) is 0 Å². The van der Waals surface area contributed by atoms with Crippen molar-refractivity contribution in [3.05, 3.63) is 0 Å². The number of rotatable bonds is 8. The van der Waals surface area contributed by atoms with Gasteiger partial charge in [-0.1, -0.05) is 0 Å². The van der Waals surface area contributed by atoms with E-state index in [1.807, 2.05) is 18.7 Å². The molecule has 3 nitrogen and oxygen atoms in total. The molecule has 0 aromatic carbocycles. The summed E-state index contributed by atoms with van der Waals surface area (Å²) in [6.07, 6.45) is 5.69. The van der Waals surface area contributed by atoms with Crippen LogP contribution in [0.4, 0.5) is 0 Å².